The van der Waals surface area contributed by atoms with Crippen molar-refractivity contribution in [2.24, 2.45) is 0 Å². The van der Waals surface area contributed by atoms with Crippen LogP contribution >= 0.6 is 0 Å². The summed E-state index contributed by atoms with van der Waals surface area (Å²) in [7, 11) is 1.69. The van der Waals surface area contributed by atoms with Crippen LogP contribution in [0, 0.1) is 0 Å². The molecule has 0 amide bonds. The minimum atomic E-state index is 0.100. The molecule has 1 N–H and O–H groups in total. The second-order valence-electron chi connectivity index (χ2n) is 7.48. The van der Waals surface area contributed by atoms with Gasteiger partial charge in [0, 0.05) is 50.9 Å². The smallest absolute Gasteiger partial charge is 0.159 e. The number of hydrogen-bond acceptors (Lipinski definition) is 5. The third kappa shape index (κ3) is 5.41. The van der Waals surface area contributed by atoms with Gasteiger partial charge in [0.2, 0.25) is 0 Å². The maximum Gasteiger partial charge on any atom is 0.159 e. The number of ketones is 1. The van der Waals surface area contributed by atoms with Gasteiger partial charge in [0.1, 0.15) is 5.75 Å². The largest absolute Gasteiger partial charge is 0.497 e. The summed E-state index contributed by atoms with van der Waals surface area (Å²) in [5.41, 5.74) is 3.16. The van der Waals surface area contributed by atoms with E-state index in [1.54, 1.807) is 14.0 Å². The monoisotopic (exact) mass is 382 g/mol. The van der Waals surface area contributed by atoms with Crippen LogP contribution in [0.5, 0.6) is 5.75 Å². The number of methoxy groups -OCH3 is 1. The molecule has 1 aliphatic rings. The van der Waals surface area contributed by atoms with Gasteiger partial charge < -0.3 is 9.84 Å². The normalized spacial score (nSPS) is 18.2. The van der Waals surface area contributed by atoms with Gasteiger partial charge in [0.15, 0.2) is 5.78 Å². The number of nitrogens with zero attached hydrogens (tertiary/aromatic N) is 2. The number of ether oxygens (including phenoxy) is 1. The van der Waals surface area contributed by atoms with Gasteiger partial charge in [-0.1, -0.05) is 30.3 Å². The van der Waals surface area contributed by atoms with Crippen molar-refractivity contribution in [3.63, 3.8) is 0 Å². The molecule has 5 nitrogen and oxygen atoms in total. The summed E-state index contributed by atoms with van der Waals surface area (Å²) in [4.78, 5) is 16.5. The highest BCUT2D eigenvalue weighted by Crippen LogP contribution is 2.21. The van der Waals surface area contributed by atoms with Gasteiger partial charge >= 0.3 is 0 Å². The van der Waals surface area contributed by atoms with Crippen molar-refractivity contribution in [1.29, 1.82) is 0 Å². The number of rotatable bonds is 8. The number of carbonyl (C=O) groups is 1. The molecule has 0 aliphatic carbocycles. The summed E-state index contributed by atoms with van der Waals surface area (Å²) in [5, 5.41) is 9.56. The molecule has 1 saturated heterocycles. The number of aliphatic hydroxyl groups excluding tert-OH is 1. The summed E-state index contributed by atoms with van der Waals surface area (Å²) in [6.07, 6.45) is 0.758. The Bertz CT molecular complexity index is 793. The van der Waals surface area contributed by atoms with E-state index >= 15 is 0 Å². The van der Waals surface area contributed by atoms with Crippen molar-refractivity contribution in [3.8, 4) is 5.75 Å². The molecule has 0 saturated carbocycles. The average Bonchev–Trinajstić information content (AvgIpc) is 2.70. The van der Waals surface area contributed by atoms with Gasteiger partial charge in [-0.2, -0.15) is 0 Å². The molecule has 2 aromatic rings. The summed E-state index contributed by atoms with van der Waals surface area (Å²) in [6.45, 7) is 6.31. The Hall–Kier alpha value is -2.21. The van der Waals surface area contributed by atoms with Crippen LogP contribution in [-0.4, -0.2) is 60.1 Å². The molecule has 0 bridgehead atoms. The summed E-state index contributed by atoms with van der Waals surface area (Å²) >= 11 is 0. The molecule has 0 radical (unpaired) electrons. The Morgan fingerprint density at radius 1 is 1.11 bits per heavy atom. The SMILES string of the molecule is COc1cccc(CN2CCN(Cc3cccc(C(C)=O)c3)C[C@H]2CCO)c1. The van der Waals surface area contributed by atoms with Crippen molar-refractivity contribution < 1.29 is 14.6 Å². The first-order valence-corrected chi connectivity index (χ1v) is 9.89. The van der Waals surface area contributed by atoms with Crippen LogP contribution in [0.4, 0.5) is 0 Å². The lowest BCUT2D eigenvalue weighted by Gasteiger charge is -2.41. The predicted octanol–water partition coefficient (Wildman–Crippen LogP) is 2.97. The van der Waals surface area contributed by atoms with E-state index in [0.29, 0.717) is 6.04 Å². The molecular formula is C23H30N2O3. The summed E-state index contributed by atoms with van der Waals surface area (Å²) in [5.74, 6) is 0.975. The standard InChI is InChI=1S/C23H30N2O3/c1-18(27)21-7-3-5-19(13-21)15-24-10-11-25(22(17-24)9-12-26)16-20-6-4-8-23(14-20)28-2/h3-8,13-14,22,26H,9-12,15-17H2,1-2H3/t22-/m1/s1. The number of piperazine rings is 1. The number of aliphatic hydroxyl groups is 1. The van der Waals surface area contributed by atoms with Crippen LogP contribution in [-0.2, 0) is 13.1 Å². The molecule has 0 spiro atoms. The van der Waals surface area contributed by atoms with Gasteiger partial charge in [0.05, 0.1) is 7.11 Å². The van der Waals surface area contributed by atoms with Gasteiger partial charge in [-0.3, -0.25) is 14.6 Å². The Morgan fingerprint density at radius 2 is 1.86 bits per heavy atom. The van der Waals surface area contributed by atoms with Crippen LogP contribution in [0.25, 0.3) is 0 Å². The van der Waals surface area contributed by atoms with Crippen LogP contribution < -0.4 is 4.74 Å². The first-order chi connectivity index (χ1) is 13.6. The molecule has 0 unspecified atom stereocenters. The van der Waals surface area contributed by atoms with E-state index in [4.69, 9.17) is 4.74 Å². The van der Waals surface area contributed by atoms with Crippen LogP contribution in [0.3, 0.4) is 0 Å². The molecule has 1 fully saturated rings. The van der Waals surface area contributed by atoms with Crippen molar-refractivity contribution in [1.82, 2.24) is 9.80 Å². The quantitative estimate of drug-likeness (QED) is 0.712. The highest BCUT2D eigenvalue weighted by Gasteiger charge is 2.26. The zero-order valence-electron chi connectivity index (χ0n) is 16.8. The predicted molar refractivity (Wildman–Crippen MR) is 111 cm³/mol. The number of Topliss-reactive ketones (excluding diaryl/α,β-unsaturated/α-hetero) is 1. The number of hydrogen-bond donors (Lipinski definition) is 1. The van der Waals surface area contributed by atoms with E-state index < -0.39 is 0 Å². The van der Waals surface area contributed by atoms with Crippen molar-refractivity contribution in [3.05, 3.63) is 65.2 Å². The third-order valence-electron chi connectivity index (χ3n) is 5.41. The highest BCUT2D eigenvalue weighted by molar-refractivity contribution is 5.94. The third-order valence-corrected chi connectivity index (χ3v) is 5.41. The average molecular weight is 383 g/mol. The fourth-order valence-corrected chi connectivity index (χ4v) is 3.88. The van der Waals surface area contributed by atoms with E-state index in [0.717, 1.165) is 56.0 Å². The zero-order chi connectivity index (χ0) is 19.9. The molecule has 2 aromatic carbocycles. The lowest BCUT2D eigenvalue weighted by molar-refractivity contribution is 0.0499. The summed E-state index contributed by atoms with van der Waals surface area (Å²) in [6, 6.07) is 16.4. The maximum atomic E-state index is 11.6. The molecule has 28 heavy (non-hydrogen) atoms. The van der Waals surface area contributed by atoms with Crippen molar-refractivity contribution in [2.75, 3.05) is 33.4 Å². The summed E-state index contributed by atoms with van der Waals surface area (Å²) < 4.78 is 5.34. The van der Waals surface area contributed by atoms with Crippen molar-refractivity contribution in [2.45, 2.75) is 32.5 Å². The van der Waals surface area contributed by atoms with E-state index in [-0.39, 0.29) is 12.4 Å². The zero-order valence-corrected chi connectivity index (χ0v) is 16.8. The minimum Gasteiger partial charge on any atom is -0.497 e. The molecule has 1 aliphatic heterocycles. The molecule has 1 atom stereocenters. The van der Waals surface area contributed by atoms with E-state index in [9.17, 15) is 9.90 Å². The molecule has 150 valence electrons. The van der Waals surface area contributed by atoms with E-state index in [2.05, 4.69) is 28.0 Å². The van der Waals surface area contributed by atoms with Gasteiger partial charge in [-0.25, -0.2) is 0 Å². The first kappa shape index (κ1) is 20.5. The Balaban J connectivity index is 1.65. The van der Waals surface area contributed by atoms with E-state index in [1.165, 1.54) is 5.56 Å². The highest BCUT2D eigenvalue weighted by atomic mass is 16.5. The number of carbonyl (C=O) groups excluding carboxylic acids is 1. The van der Waals surface area contributed by atoms with Crippen LogP contribution in [0.2, 0.25) is 0 Å². The molecular weight excluding hydrogens is 352 g/mol. The fourth-order valence-electron chi connectivity index (χ4n) is 3.88. The van der Waals surface area contributed by atoms with Crippen LogP contribution in [0.1, 0.15) is 34.8 Å². The van der Waals surface area contributed by atoms with Gasteiger partial charge in [-0.05, 0) is 42.7 Å². The van der Waals surface area contributed by atoms with Crippen LogP contribution in [0.15, 0.2) is 48.5 Å². The first-order valence-electron chi connectivity index (χ1n) is 9.89. The molecule has 3 rings (SSSR count). The Labute approximate surface area is 167 Å². The van der Waals surface area contributed by atoms with E-state index in [1.807, 2.05) is 30.3 Å². The molecule has 0 aromatic heterocycles. The maximum absolute atomic E-state index is 11.6. The Kier molecular flexibility index (Phi) is 7.20. The Morgan fingerprint density at radius 3 is 2.57 bits per heavy atom. The van der Waals surface area contributed by atoms with Crippen molar-refractivity contribution >= 4 is 5.78 Å². The second kappa shape index (κ2) is 9.82. The lowest BCUT2D eigenvalue weighted by Crippen LogP contribution is -2.52. The van der Waals surface area contributed by atoms with Gasteiger partial charge in [0.25, 0.3) is 0 Å². The molecule has 5 heteroatoms. The number of benzene rings is 2. The topological polar surface area (TPSA) is 53.0 Å². The fraction of sp³-hybridized carbons (Fsp3) is 0.435. The minimum absolute atomic E-state index is 0.100. The lowest BCUT2D eigenvalue weighted by atomic mass is 10.0. The van der Waals surface area contributed by atoms with Gasteiger partial charge in [-0.15, -0.1) is 0 Å². The molecule has 1 heterocycles. The second-order valence-corrected chi connectivity index (χ2v) is 7.48.